The van der Waals surface area contributed by atoms with E-state index in [1.807, 2.05) is 0 Å². The summed E-state index contributed by atoms with van der Waals surface area (Å²) in [5, 5.41) is 0. The summed E-state index contributed by atoms with van der Waals surface area (Å²) in [5.74, 6) is 0. The molecule has 0 aromatic carbocycles. The molecule has 0 aromatic rings. The summed E-state index contributed by atoms with van der Waals surface area (Å²) in [5.41, 5.74) is 0. The second kappa shape index (κ2) is 30.0. The summed E-state index contributed by atoms with van der Waals surface area (Å²) in [6.45, 7) is 4.36. The van der Waals surface area contributed by atoms with Gasteiger partial charge in [0.1, 0.15) is 0 Å². The zero-order valence-electron chi connectivity index (χ0n) is 5.02. The van der Waals surface area contributed by atoms with Crippen molar-refractivity contribution in [3.63, 3.8) is 0 Å². The summed E-state index contributed by atoms with van der Waals surface area (Å²) in [4.78, 5) is 0. The summed E-state index contributed by atoms with van der Waals surface area (Å²) in [7, 11) is 0. The number of rotatable bonds is 1. The number of unbranched alkanes of at least 4 members (excludes halogenated alkanes) is 1. The summed E-state index contributed by atoms with van der Waals surface area (Å²) < 4.78 is 0. The van der Waals surface area contributed by atoms with Gasteiger partial charge in [-0.1, -0.05) is 26.7 Å². The summed E-state index contributed by atoms with van der Waals surface area (Å²) in [6, 6.07) is 0. The maximum absolute atomic E-state index is 2.18. The van der Waals surface area contributed by atoms with Gasteiger partial charge in [-0.15, -0.1) is 0 Å². The minimum atomic E-state index is 0. The van der Waals surface area contributed by atoms with Crippen LogP contribution >= 0.6 is 0 Å². The fourth-order valence-corrected chi connectivity index (χ4v) is 0. The number of hydrogen-bond acceptors (Lipinski definition) is 2. The molecule has 2 nitrogen and oxygen atoms in total. The van der Waals surface area contributed by atoms with E-state index in [-0.39, 0.29) is 34.0 Å². The first-order valence-electron chi connectivity index (χ1n) is 1.91. The van der Waals surface area contributed by atoms with Gasteiger partial charge in [0.15, 0.2) is 0 Å². The molecule has 0 rings (SSSR count). The van der Waals surface area contributed by atoms with Gasteiger partial charge in [0.2, 0.25) is 0 Å². The minimum Gasteiger partial charge on any atom is -0.870 e. The third-order valence-corrected chi connectivity index (χ3v) is 0.500. The molecular weight excluding hydrogens is 104 g/mol. The van der Waals surface area contributed by atoms with Crippen LogP contribution in [0.4, 0.5) is 0 Å². The van der Waals surface area contributed by atoms with Gasteiger partial charge in [0.05, 0.1) is 0 Å². The van der Waals surface area contributed by atoms with Crippen LogP contribution in [0, 0.1) is 0 Å². The van der Waals surface area contributed by atoms with Crippen molar-refractivity contribution in [1.29, 1.82) is 0 Å². The maximum atomic E-state index is 2.18. The SMILES string of the molecule is CCCC.[Mg+2].[OH-].[OH-]. The Balaban J connectivity index is -0.0000000150. The summed E-state index contributed by atoms with van der Waals surface area (Å²) >= 11 is 0. The van der Waals surface area contributed by atoms with Crippen molar-refractivity contribution >= 4 is 23.1 Å². The molecule has 2 N–H and O–H groups in total. The average Bonchev–Trinajstić information content (AvgIpc) is 1.37. The molecule has 42 valence electrons. The van der Waals surface area contributed by atoms with Crippen molar-refractivity contribution in [1.82, 2.24) is 0 Å². The van der Waals surface area contributed by atoms with Crippen LogP contribution in [0.1, 0.15) is 26.7 Å². The fraction of sp³-hybridized carbons (Fsp3) is 1.00. The Bertz CT molecular complexity index is 11.7. The topological polar surface area (TPSA) is 60.0 Å². The minimum absolute atomic E-state index is 0. The average molecular weight is 116 g/mol. The molecule has 0 saturated carbocycles. The zero-order valence-corrected chi connectivity index (χ0v) is 6.43. The van der Waals surface area contributed by atoms with Gasteiger partial charge in [-0.3, -0.25) is 0 Å². The quantitative estimate of drug-likeness (QED) is 0.481. The van der Waals surface area contributed by atoms with Crippen molar-refractivity contribution < 1.29 is 11.0 Å². The standard InChI is InChI=1S/C4H10.Mg.2H2O/c1-3-4-2;;;/h3-4H2,1-2H3;;2*1H2/q;+2;;/p-2. The number of hydrogen-bond donors (Lipinski definition) is 0. The second-order valence-corrected chi connectivity index (χ2v) is 1.000. The predicted molar refractivity (Wildman–Crippen MR) is 30.2 cm³/mol. The van der Waals surface area contributed by atoms with Crippen LogP contribution in [0.25, 0.3) is 0 Å². The van der Waals surface area contributed by atoms with E-state index < -0.39 is 0 Å². The third kappa shape index (κ3) is 51.6. The van der Waals surface area contributed by atoms with E-state index in [2.05, 4.69) is 13.8 Å². The fourth-order valence-electron chi connectivity index (χ4n) is 0. The van der Waals surface area contributed by atoms with Gasteiger partial charge < -0.3 is 11.0 Å². The van der Waals surface area contributed by atoms with E-state index in [0.717, 1.165) is 0 Å². The van der Waals surface area contributed by atoms with Crippen LogP contribution in [0.2, 0.25) is 0 Å². The van der Waals surface area contributed by atoms with E-state index in [9.17, 15) is 0 Å². The van der Waals surface area contributed by atoms with Crippen LogP contribution in [0.3, 0.4) is 0 Å². The normalized spacial score (nSPS) is 4.29. The molecule has 0 spiro atoms. The van der Waals surface area contributed by atoms with E-state index in [0.29, 0.717) is 0 Å². The molecule has 3 heteroatoms. The first-order valence-corrected chi connectivity index (χ1v) is 1.91. The molecule has 7 heavy (non-hydrogen) atoms. The van der Waals surface area contributed by atoms with Crippen LogP contribution in [0.5, 0.6) is 0 Å². The van der Waals surface area contributed by atoms with Crippen LogP contribution in [0.15, 0.2) is 0 Å². The predicted octanol–water partition coefficient (Wildman–Crippen LogP) is 1.07. The maximum Gasteiger partial charge on any atom is 2.00 e. The van der Waals surface area contributed by atoms with Gasteiger partial charge in [-0.05, 0) is 0 Å². The molecular formula is C4H12MgO2. The molecule has 0 atom stereocenters. The van der Waals surface area contributed by atoms with Crippen molar-refractivity contribution in [3.05, 3.63) is 0 Å². The molecule has 0 bridgehead atoms. The summed E-state index contributed by atoms with van der Waals surface area (Å²) in [6.07, 6.45) is 2.64. The van der Waals surface area contributed by atoms with Gasteiger partial charge >= 0.3 is 23.1 Å². The Hall–Kier alpha value is 0.686. The molecule has 0 aromatic heterocycles. The molecule has 0 amide bonds. The van der Waals surface area contributed by atoms with Crippen LogP contribution in [-0.4, -0.2) is 34.0 Å². The first kappa shape index (κ1) is 25.3. The monoisotopic (exact) mass is 116 g/mol. The smallest absolute Gasteiger partial charge is 0.870 e. The van der Waals surface area contributed by atoms with Crippen LogP contribution in [-0.2, 0) is 0 Å². The molecule has 0 radical (unpaired) electrons. The molecule has 0 saturated heterocycles. The molecule has 0 fully saturated rings. The Morgan fingerprint density at radius 2 is 1.00 bits per heavy atom. The van der Waals surface area contributed by atoms with Gasteiger partial charge in [0.25, 0.3) is 0 Å². The van der Waals surface area contributed by atoms with Crippen molar-refractivity contribution in [2.45, 2.75) is 26.7 Å². The molecule has 0 aliphatic rings. The largest absolute Gasteiger partial charge is 2.00 e. The van der Waals surface area contributed by atoms with Crippen molar-refractivity contribution in [3.8, 4) is 0 Å². The van der Waals surface area contributed by atoms with E-state index >= 15 is 0 Å². The third-order valence-electron chi connectivity index (χ3n) is 0.500. The molecule has 0 aliphatic carbocycles. The molecule has 0 unspecified atom stereocenters. The van der Waals surface area contributed by atoms with Gasteiger partial charge in [0, 0.05) is 0 Å². The van der Waals surface area contributed by atoms with E-state index in [4.69, 9.17) is 0 Å². The molecule has 0 aliphatic heterocycles. The zero-order chi connectivity index (χ0) is 3.41. The van der Waals surface area contributed by atoms with Crippen LogP contribution < -0.4 is 0 Å². The Morgan fingerprint density at radius 1 is 0.857 bits per heavy atom. The van der Waals surface area contributed by atoms with E-state index in [1.165, 1.54) is 12.8 Å². The Morgan fingerprint density at radius 3 is 1.00 bits per heavy atom. The Kier molecular flexibility index (Phi) is 108. The van der Waals surface area contributed by atoms with Crippen molar-refractivity contribution in [2.24, 2.45) is 0 Å². The molecule has 0 heterocycles. The van der Waals surface area contributed by atoms with E-state index in [1.54, 1.807) is 0 Å². The van der Waals surface area contributed by atoms with Crippen molar-refractivity contribution in [2.75, 3.05) is 0 Å². The second-order valence-electron chi connectivity index (χ2n) is 1.000. The van der Waals surface area contributed by atoms with Gasteiger partial charge in [-0.2, -0.15) is 0 Å². The first-order chi connectivity index (χ1) is 1.91. The van der Waals surface area contributed by atoms with Gasteiger partial charge in [-0.25, -0.2) is 0 Å². The Labute approximate surface area is 61.1 Å².